The summed E-state index contributed by atoms with van der Waals surface area (Å²) in [4.78, 5) is 31.9. The zero-order valence-corrected chi connectivity index (χ0v) is 22.7. The van der Waals surface area contributed by atoms with Crippen LogP contribution in [0.15, 0.2) is 77.7 Å². The summed E-state index contributed by atoms with van der Waals surface area (Å²) in [5, 5.41) is 4.19. The molecule has 1 amide bonds. The van der Waals surface area contributed by atoms with E-state index in [1.54, 1.807) is 42.5 Å². The van der Waals surface area contributed by atoms with Gasteiger partial charge in [-0.3, -0.25) is 9.59 Å². The minimum atomic E-state index is -1.00. The van der Waals surface area contributed by atoms with Crippen LogP contribution < -0.4 is 5.32 Å². The number of rotatable bonds is 9. The van der Waals surface area contributed by atoms with Crippen molar-refractivity contribution >= 4 is 62.5 Å². The molecule has 1 N–H and O–H groups in total. The van der Waals surface area contributed by atoms with Gasteiger partial charge in [-0.05, 0) is 78.1 Å². The van der Waals surface area contributed by atoms with E-state index in [-0.39, 0.29) is 18.1 Å². The molecule has 1 heterocycles. The predicted octanol–water partition coefficient (Wildman–Crippen LogP) is 7.05. The van der Waals surface area contributed by atoms with E-state index in [9.17, 15) is 14.1 Å². The highest BCUT2D eigenvalue weighted by atomic mass is 35.5. The van der Waals surface area contributed by atoms with E-state index in [0.717, 1.165) is 34.6 Å². The highest BCUT2D eigenvalue weighted by Gasteiger charge is 2.28. The molecule has 37 heavy (non-hydrogen) atoms. The zero-order chi connectivity index (χ0) is 25.9. The molecule has 5 rings (SSSR count). The third-order valence-electron chi connectivity index (χ3n) is 5.92. The number of carbonyl (C=O) groups is 2. The van der Waals surface area contributed by atoms with E-state index in [0.29, 0.717) is 48.5 Å². The van der Waals surface area contributed by atoms with Crippen LogP contribution >= 0.6 is 34.5 Å². The fourth-order valence-electron chi connectivity index (χ4n) is 3.79. The number of thiazole rings is 1. The summed E-state index contributed by atoms with van der Waals surface area (Å²) in [7, 11) is 0. The van der Waals surface area contributed by atoms with Crippen molar-refractivity contribution in [3.63, 3.8) is 0 Å². The molecule has 0 aliphatic heterocycles. The second-order valence-electron chi connectivity index (χ2n) is 8.87. The van der Waals surface area contributed by atoms with Crippen molar-refractivity contribution in [1.82, 2.24) is 4.98 Å². The minimum absolute atomic E-state index is 0.127. The zero-order valence-electron chi connectivity index (χ0n) is 19.6. The molecular weight excluding hydrogens is 547 g/mol. The predicted molar refractivity (Wildman–Crippen MR) is 150 cm³/mol. The lowest BCUT2D eigenvalue weighted by atomic mass is 10.1. The summed E-state index contributed by atoms with van der Waals surface area (Å²) in [6.45, 7) is 0. The van der Waals surface area contributed by atoms with Gasteiger partial charge in [-0.2, -0.15) is 0 Å². The van der Waals surface area contributed by atoms with Crippen LogP contribution in [0.25, 0.3) is 11.3 Å². The van der Waals surface area contributed by atoms with E-state index >= 15 is 0 Å². The topological polar surface area (TPSA) is 82.1 Å². The Morgan fingerprint density at radius 1 is 1.00 bits per heavy atom. The first-order chi connectivity index (χ1) is 17.9. The summed E-state index contributed by atoms with van der Waals surface area (Å²) < 4.78 is 12.4. The summed E-state index contributed by atoms with van der Waals surface area (Å²) in [6.07, 6.45) is 2.45. The maximum Gasteiger partial charge on any atom is 0.230 e. The fourth-order valence-corrected chi connectivity index (χ4v) is 6.47. The highest BCUT2D eigenvalue weighted by Crippen LogP contribution is 2.35. The van der Waals surface area contributed by atoms with Gasteiger partial charge in [0.05, 0.1) is 12.1 Å². The van der Waals surface area contributed by atoms with E-state index in [1.165, 1.54) is 0 Å². The van der Waals surface area contributed by atoms with Crippen molar-refractivity contribution in [3.05, 3.63) is 98.8 Å². The smallest absolute Gasteiger partial charge is 0.230 e. The lowest BCUT2D eigenvalue weighted by molar-refractivity contribution is -0.115. The molecule has 5 nitrogen and oxygen atoms in total. The summed E-state index contributed by atoms with van der Waals surface area (Å²) in [5.74, 6) is 0.802. The maximum atomic E-state index is 13.3. The normalized spacial score (nSPS) is 13.8. The average molecular weight is 570 g/mol. The number of hydrogen-bond donors (Lipinski definition) is 1. The third-order valence-corrected chi connectivity index (χ3v) is 8.95. The summed E-state index contributed by atoms with van der Waals surface area (Å²) in [5.41, 5.74) is 2.39. The molecular formula is C28H22Cl2N2O3S2. The number of ketones is 1. The lowest BCUT2D eigenvalue weighted by Gasteiger charge is -2.10. The van der Waals surface area contributed by atoms with Crippen LogP contribution in [0.1, 0.15) is 33.6 Å². The van der Waals surface area contributed by atoms with Crippen molar-refractivity contribution in [3.8, 4) is 11.3 Å². The number of nitrogens with zero attached hydrogens (tertiary/aromatic N) is 1. The molecule has 1 atom stereocenters. The van der Waals surface area contributed by atoms with E-state index in [2.05, 4.69) is 10.3 Å². The Balaban J connectivity index is 1.34. The van der Waals surface area contributed by atoms with Gasteiger partial charge >= 0.3 is 0 Å². The van der Waals surface area contributed by atoms with Crippen molar-refractivity contribution in [2.75, 3.05) is 11.1 Å². The van der Waals surface area contributed by atoms with Crippen molar-refractivity contribution in [2.45, 2.75) is 24.2 Å². The Labute approximate surface area is 232 Å². The molecule has 0 bridgehead atoms. The number of aromatic nitrogens is 1. The highest BCUT2D eigenvalue weighted by molar-refractivity contribution is 7.91. The molecule has 9 heteroatoms. The monoisotopic (exact) mass is 568 g/mol. The van der Waals surface area contributed by atoms with E-state index in [4.69, 9.17) is 23.2 Å². The van der Waals surface area contributed by atoms with Gasteiger partial charge in [0.1, 0.15) is 10.6 Å². The van der Waals surface area contributed by atoms with Gasteiger partial charge in [0.2, 0.25) is 11.7 Å². The van der Waals surface area contributed by atoms with Gasteiger partial charge in [0.25, 0.3) is 0 Å². The third kappa shape index (κ3) is 6.61. The molecule has 1 saturated carbocycles. The number of halogens is 2. The van der Waals surface area contributed by atoms with Gasteiger partial charge in [-0.15, -0.1) is 0 Å². The molecule has 0 radical (unpaired) electrons. The standard InChI is InChI=1S/C28H22Cl2N2O3S2/c29-21-10-8-19(9-11-21)26(34)27-25(20-2-1-3-22(30)15-20)32-28(36-27)31-24(33)14-17-6-12-23(13-7-17)37(35)16-18-4-5-18/h1-3,6-13,15,18H,4-5,14,16H2,(H,31,32,33). The molecule has 1 aliphatic carbocycles. The molecule has 0 spiro atoms. The van der Waals surface area contributed by atoms with E-state index < -0.39 is 11.2 Å². The number of amides is 1. The largest absolute Gasteiger partial charge is 0.611 e. The minimum Gasteiger partial charge on any atom is -0.611 e. The van der Waals surface area contributed by atoms with Gasteiger partial charge < -0.3 is 9.87 Å². The van der Waals surface area contributed by atoms with Gasteiger partial charge in [-0.25, -0.2) is 4.98 Å². The first-order valence-corrected chi connectivity index (χ1v) is 14.6. The second kappa shape index (κ2) is 11.4. The van der Waals surface area contributed by atoms with Crippen LogP contribution in [0.2, 0.25) is 10.0 Å². The van der Waals surface area contributed by atoms with Crippen molar-refractivity contribution in [1.29, 1.82) is 0 Å². The van der Waals surface area contributed by atoms with Gasteiger partial charge in [0.15, 0.2) is 10.0 Å². The SMILES string of the molecule is O=C(Cc1ccc([S+]([O-])CC2CC2)cc1)Nc1nc(-c2cccc(Cl)c2)c(C(=O)c2ccc(Cl)cc2)s1. The molecule has 3 aromatic carbocycles. The number of carbonyl (C=O) groups excluding carboxylic acids is 2. The Morgan fingerprint density at radius 3 is 2.41 bits per heavy atom. The second-order valence-corrected chi connectivity index (χ2v) is 12.2. The van der Waals surface area contributed by atoms with Crippen molar-refractivity contribution < 1.29 is 14.1 Å². The Kier molecular flexibility index (Phi) is 7.98. The van der Waals surface area contributed by atoms with Crippen molar-refractivity contribution in [2.24, 2.45) is 5.92 Å². The lowest BCUT2D eigenvalue weighted by Crippen LogP contribution is -2.14. The Bertz CT molecular complexity index is 1430. The molecule has 1 unspecified atom stereocenters. The molecule has 0 saturated heterocycles. The molecule has 1 aromatic heterocycles. The fraction of sp³-hybridized carbons (Fsp3) is 0.179. The first kappa shape index (κ1) is 25.9. The number of benzene rings is 3. The van der Waals surface area contributed by atoms with Crippen LogP contribution in [0.3, 0.4) is 0 Å². The average Bonchev–Trinajstić information content (AvgIpc) is 3.60. The van der Waals surface area contributed by atoms with Crippen LogP contribution in [0.4, 0.5) is 5.13 Å². The molecule has 1 fully saturated rings. The maximum absolute atomic E-state index is 13.3. The van der Waals surface area contributed by atoms with Gasteiger partial charge in [-0.1, -0.05) is 58.8 Å². The molecule has 1 aliphatic rings. The summed E-state index contributed by atoms with van der Waals surface area (Å²) >= 11 is 12.3. The van der Waals surface area contributed by atoms with E-state index in [1.807, 2.05) is 30.3 Å². The van der Waals surface area contributed by atoms with Crippen LogP contribution in [-0.2, 0) is 22.4 Å². The first-order valence-electron chi connectivity index (χ1n) is 11.7. The molecule has 188 valence electrons. The van der Waals surface area contributed by atoms with Crippen LogP contribution in [0.5, 0.6) is 0 Å². The Hall–Kier alpha value is -2.68. The van der Waals surface area contributed by atoms with Crippen LogP contribution in [-0.4, -0.2) is 27.0 Å². The number of anilines is 1. The Morgan fingerprint density at radius 2 is 1.73 bits per heavy atom. The number of nitrogens with one attached hydrogen (secondary N) is 1. The molecule has 4 aromatic rings. The quantitative estimate of drug-likeness (QED) is 0.173. The van der Waals surface area contributed by atoms with Crippen LogP contribution in [0, 0.1) is 5.92 Å². The summed E-state index contributed by atoms with van der Waals surface area (Å²) in [6, 6.07) is 21.0. The number of hydrogen-bond acceptors (Lipinski definition) is 5. The van der Waals surface area contributed by atoms with Gasteiger partial charge in [0, 0.05) is 27.1 Å².